The van der Waals surface area contributed by atoms with Gasteiger partial charge in [-0.25, -0.2) is 9.59 Å². The summed E-state index contributed by atoms with van der Waals surface area (Å²) in [6.45, 7) is 12.7. The Balaban J connectivity index is 1.90. The highest BCUT2D eigenvalue weighted by molar-refractivity contribution is 6.02. The van der Waals surface area contributed by atoms with Gasteiger partial charge in [0.25, 0.3) is 0 Å². The van der Waals surface area contributed by atoms with Gasteiger partial charge >= 0.3 is 11.9 Å². The number of piperidine rings is 1. The minimum Gasteiger partial charge on any atom is -0.478 e. The molecule has 2 aromatic carbocycles. The zero-order chi connectivity index (χ0) is 25.1. The van der Waals surface area contributed by atoms with E-state index in [1.807, 2.05) is 18.2 Å². The summed E-state index contributed by atoms with van der Waals surface area (Å²) in [6, 6.07) is 16.3. The van der Waals surface area contributed by atoms with Gasteiger partial charge in [0.15, 0.2) is 0 Å². The lowest BCUT2D eigenvalue weighted by atomic mass is 9.69. The van der Waals surface area contributed by atoms with Crippen LogP contribution in [-0.2, 0) is 9.57 Å². The van der Waals surface area contributed by atoms with Crippen LogP contribution in [0.15, 0.2) is 54.6 Å². The van der Waals surface area contributed by atoms with Gasteiger partial charge in [-0.05, 0) is 51.3 Å². The van der Waals surface area contributed by atoms with Crippen LogP contribution in [0.1, 0.15) is 93.2 Å². The average Bonchev–Trinajstić information content (AvgIpc) is 2.85. The second-order valence-electron chi connectivity index (χ2n) is 9.80. The number of aromatic carboxylic acids is 1. The Morgan fingerprint density at radius 3 is 2.18 bits per heavy atom. The molecule has 1 aliphatic rings. The molecule has 5 unspecified atom stereocenters. The standard InChI is InChI=1S/C28H37NO5/c1-7-27(5)18-24(33-26(32)23-17-13-12-16-22(23)25(30)31)19(3)28(6,8-2)29(27)34-20(4)21-14-10-9-11-15-21/h9-17,19-20,24H,7-8,18H2,1-6H3,(H,30,31). The molecular weight excluding hydrogens is 430 g/mol. The van der Waals surface area contributed by atoms with Crippen molar-refractivity contribution in [1.82, 2.24) is 5.06 Å². The molecule has 184 valence electrons. The number of nitrogens with zero attached hydrogens (tertiary/aromatic N) is 1. The van der Waals surface area contributed by atoms with Crippen molar-refractivity contribution in [3.8, 4) is 0 Å². The van der Waals surface area contributed by atoms with E-state index < -0.39 is 17.5 Å². The van der Waals surface area contributed by atoms with E-state index >= 15 is 0 Å². The number of hydrogen-bond donors (Lipinski definition) is 1. The van der Waals surface area contributed by atoms with Crippen molar-refractivity contribution >= 4 is 11.9 Å². The third-order valence-electron chi connectivity index (χ3n) is 7.78. The smallest absolute Gasteiger partial charge is 0.339 e. The van der Waals surface area contributed by atoms with Crippen LogP contribution in [0.25, 0.3) is 0 Å². The monoisotopic (exact) mass is 467 g/mol. The molecule has 0 saturated carbocycles. The molecule has 0 radical (unpaired) electrons. The SMILES string of the molecule is CCC1(C)CC(OC(=O)c2ccccc2C(=O)O)C(C)C(C)(CC)N1OC(C)c1ccccc1. The number of hydroxylamine groups is 2. The summed E-state index contributed by atoms with van der Waals surface area (Å²) in [5, 5.41) is 11.6. The summed E-state index contributed by atoms with van der Waals surface area (Å²) >= 11 is 0. The van der Waals surface area contributed by atoms with E-state index in [4.69, 9.17) is 9.57 Å². The predicted octanol–water partition coefficient (Wildman–Crippen LogP) is 6.28. The largest absolute Gasteiger partial charge is 0.478 e. The van der Waals surface area contributed by atoms with E-state index in [9.17, 15) is 14.7 Å². The molecular formula is C28H37NO5. The molecule has 0 spiro atoms. The first-order chi connectivity index (χ1) is 16.1. The van der Waals surface area contributed by atoms with Gasteiger partial charge in [-0.15, -0.1) is 0 Å². The van der Waals surface area contributed by atoms with Gasteiger partial charge in [0.1, 0.15) is 12.2 Å². The summed E-state index contributed by atoms with van der Waals surface area (Å²) in [7, 11) is 0. The highest BCUT2D eigenvalue weighted by Crippen LogP contribution is 2.48. The molecule has 0 aromatic heterocycles. The topological polar surface area (TPSA) is 76.1 Å². The fourth-order valence-electron chi connectivity index (χ4n) is 5.03. The summed E-state index contributed by atoms with van der Waals surface area (Å²) in [5.74, 6) is -1.78. The Labute approximate surface area is 202 Å². The minimum absolute atomic E-state index is 0.0407. The van der Waals surface area contributed by atoms with Crippen LogP contribution in [0.3, 0.4) is 0 Å². The van der Waals surface area contributed by atoms with E-state index in [0.717, 1.165) is 18.4 Å². The molecule has 6 nitrogen and oxygen atoms in total. The molecule has 1 N–H and O–H groups in total. The quantitative estimate of drug-likeness (QED) is 0.460. The average molecular weight is 468 g/mol. The van der Waals surface area contributed by atoms with Crippen molar-refractivity contribution < 1.29 is 24.3 Å². The van der Waals surface area contributed by atoms with Crippen LogP contribution >= 0.6 is 0 Å². The molecule has 6 heteroatoms. The Bertz CT molecular complexity index is 1010. The van der Waals surface area contributed by atoms with Crippen molar-refractivity contribution in [2.45, 2.75) is 84.1 Å². The molecule has 1 aliphatic heterocycles. The number of rotatable bonds is 8. The Kier molecular flexibility index (Phi) is 7.84. The lowest BCUT2D eigenvalue weighted by Gasteiger charge is -2.59. The van der Waals surface area contributed by atoms with Crippen molar-refractivity contribution in [3.63, 3.8) is 0 Å². The van der Waals surface area contributed by atoms with Crippen LogP contribution in [0.2, 0.25) is 0 Å². The van der Waals surface area contributed by atoms with E-state index in [-0.39, 0.29) is 34.8 Å². The number of carboxylic acids is 1. The zero-order valence-electron chi connectivity index (χ0n) is 21.1. The minimum atomic E-state index is -1.14. The first-order valence-electron chi connectivity index (χ1n) is 12.1. The fourth-order valence-corrected chi connectivity index (χ4v) is 5.03. The van der Waals surface area contributed by atoms with Crippen LogP contribution in [-0.4, -0.2) is 39.3 Å². The van der Waals surface area contributed by atoms with E-state index in [2.05, 4.69) is 58.7 Å². The van der Waals surface area contributed by atoms with Gasteiger partial charge in [-0.1, -0.05) is 63.2 Å². The first kappa shape index (κ1) is 25.9. The number of ether oxygens (including phenoxy) is 1. The third kappa shape index (κ3) is 4.89. The van der Waals surface area contributed by atoms with E-state index in [0.29, 0.717) is 6.42 Å². The van der Waals surface area contributed by atoms with E-state index in [1.165, 1.54) is 12.1 Å². The fraction of sp³-hybridized carbons (Fsp3) is 0.500. The lowest BCUT2D eigenvalue weighted by molar-refractivity contribution is -0.335. The number of benzene rings is 2. The highest BCUT2D eigenvalue weighted by atomic mass is 16.7. The Morgan fingerprint density at radius 1 is 1.03 bits per heavy atom. The molecule has 1 heterocycles. The summed E-state index contributed by atoms with van der Waals surface area (Å²) in [5.41, 5.74) is 0.357. The molecule has 1 saturated heterocycles. The molecule has 2 aromatic rings. The van der Waals surface area contributed by atoms with Crippen molar-refractivity contribution in [2.75, 3.05) is 0 Å². The van der Waals surface area contributed by atoms with E-state index in [1.54, 1.807) is 12.1 Å². The van der Waals surface area contributed by atoms with Gasteiger partial charge in [0.05, 0.1) is 11.1 Å². The van der Waals surface area contributed by atoms with Crippen molar-refractivity contribution in [3.05, 3.63) is 71.3 Å². The summed E-state index contributed by atoms with van der Waals surface area (Å²) < 4.78 is 6.03. The molecule has 0 aliphatic carbocycles. The molecule has 0 amide bonds. The van der Waals surface area contributed by atoms with Crippen LogP contribution in [0, 0.1) is 5.92 Å². The maximum Gasteiger partial charge on any atom is 0.339 e. The third-order valence-corrected chi connectivity index (χ3v) is 7.78. The second kappa shape index (κ2) is 10.3. The summed E-state index contributed by atoms with van der Waals surface area (Å²) in [6.07, 6.45) is 1.67. The van der Waals surface area contributed by atoms with Crippen molar-refractivity contribution in [1.29, 1.82) is 0 Å². The molecule has 5 atom stereocenters. The van der Waals surface area contributed by atoms with Gasteiger partial charge in [-0.3, -0.25) is 4.84 Å². The van der Waals surface area contributed by atoms with Gasteiger partial charge < -0.3 is 9.84 Å². The maximum atomic E-state index is 13.1. The Morgan fingerprint density at radius 2 is 1.62 bits per heavy atom. The molecule has 0 bridgehead atoms. The zero-order valence-corrected chi connectivity index (χ0v) is 21.1. The lowest BCUT2D eigenvalue weighted by Crippen LogP contribution is -2.68. The van der Waals surface area contributed by atoms with Crippen LogP contribution < -0.4 is 0 Å². The Hall–Kier alpha value is -2.70. The van der Waals surface area contributed by atoms with Crippen LogP contribution in [0.5, 0.6) is 0 Å². The predicted molar refractivity (Wildman–Crippen MR) is 132 cm³/mol. The summed E-state index contributed by atoms with van der Waals surface area (Å²) in [4.78, 5) is 31.4. The molecule has 34 heavy (non-hydrogen) atoms. The van der Waals surface area contributed by atoms with Gasteiger partial charge in [-0.2, -0.15) is 5.06 Å². The normalized spacial score (nSPS) is 28.3. The number of carboxylic acid groups (broad SMARTS) is 1. The van der Waals surface area contributed by atoms with Crippen LogP contribution in [0.4, 0.5) is 0 Å². The van der Waals surface area contributed by atoms with Gasteiger partial charge in [0.2, 0.25) is 0 Å². The van der Waals surface area contributed by atoms with Crippen molar-refractivity contribution in [2.24, 2.45) is 5.92 Å². The highest BCUT2D eigenvalue weighted by Gasteiger charge is 2.55. The molecule has 1 fully saturated rings. The number of carbonyl (C=O) groups is 2. The molecule has 3 rings (SSSR count). The number of hydrogen-bond acceptors (Lipinski definition) is 5. The maximum absolute atomic E-state index is 13.1. The van der Waals surface area contributed by atoms with Gasteiger partial charge in [0, 0.05) is 23.4 Å². The first-order valence-corrected chi connectivity index (χ1v) is 12.1. The number of esters is 1. The second-order valence-corrected chi connectivity index (χ2v) is 9.80. The number of carbonyl (C=O) groups excluding carboxylic acids is 1.